The number of rotatable bonds is 5. The lowest BCUT2D eigenvalue weighted by molar-refractivity contribution is 0.619. The first-order valence-electron chi connectivity index (χ1n) is 6.64. The summed E-state index contributed by atoms with van der Waals surface area (Å²) in [5, 5.41) is 4.47. The first-order valence-corrected chi connectivity index (χ1v) is 8.75. The van der Waals surface area contributed by atoms with Crippen molar-refractivity contribution in [3.05, 3.63) is 39.9 Å². The highest BCUT2D eigenvalue weighted by Gasteiger charge is 2.17. The van der Waals surface area contributed by atoms with Crippen LogP contribution in [0.5, 0.6) is 0 Å². The number of aryl methyl sites for hydroxylation is 2. The number of nitrogens with two attached hydrogens (primary N) is 1. The maximum atomic E-state index is 13.4. The van der Waals surface area contributed by atoms with E-state index in [-0.39, 0.29) is 11.4 Å². The number of hydrogen-bond donors (Lipinski definition) is 1. The summed E-state index contributed by atoms with van der Waals surface area (Å²) < 4.78 is 28.5. The molecule has 0 amide bonds. The van der Waals surface area contributed by atoms with Crippen molar-refractivity contribution in [2.24, 2.45) is 0 Å². The molecule has 1 aromatic carbocycles. The molecule has 0 aliphatic heterocycles. The molecule has 0 saturated heterocycles. The van der Waals surface area contributed by atoms with Crippen LogP contribution in [0, 0.1) is 5.82 Å². The third-order valence-electron chi connectivity index (χ3n) is 3.12. The van der Waals surface area contributed by atoms with Crippen molar-refractivity contribution in [2.45, 2.75) is 37.5 Å². The van der Waals surface area contributed by atoms with Gasteiger partial charge in [-0.1, -0.05) is 6.92 Å². The van der Waals surface area contributed by atoms with E-state index >= 15 is 0 Å². The Morgan fingerprint density at radius 2 is 2.10 bits per heavy atom. The number of nitrogens with zero attached hydrogens (tertiary/aromatic N) is 2. The van der Waals surface area contributed by atoms with E-state index in [0.717, 1.165) is 22.3 Å². The van der Waals surface area contributed by atoms with Gasteiger partial charge in [0.05, 0.1) is 32.4 Å². The minimum absolute atomic E-state index is 0.268. The normalized spacial score (nSPS) is 12.6. The van der Waals surface area contributed by atoms with Gasteiger partial charge in [-0.15, -0.1) is 0 Å². The molecular weight excluding hydrogens is 357 g/mol. The first kappa shape index (κ1) is 16.2. The molecule has 2 N–H and O–H groups in total. The Morgan fingerprint density at radius 3 is 2.67 bits per heavy atom. The molecule has 0 radical (unpaired) electrons. The topological polar surface area (TPSA) is 60.9 Å². The van der Waals surface area contributed by atoms with Gasteiger partial charge in [0.25, 0.3) is 0 Å². The highest BCUT2D eigenvalue weighted by Crippen LogP contribution is 2.25. The molecule has 114 valence electrons. The van der Waals surface area contributed by atoms with E-state index in [0.29, 0.717) is 11.4 Å². The van der Waals surface area contributed by atoms with Crippen molar-refractivity contribution in [3.8, 4) is 0 Å². The smallest absolute Gasteiger partial charge is 0.126 e. The highest BCUT2D eigenvalue weighted by molar-refractivity contribution is 9.10. The van der Waals surface area contributed by atoms with Crippen molar-refractivity contribution in [1.82, 2.24) is 9.78 Å². The van der Waals surface area contributed by atoms with Crippen LogP contribution in [0.4, 0.5) is 10.1 Å². The van der Waals surface area contributed by atoms with Crippen LogP contribution in [-0.2, 0) is 29.5 Å². The Labute approximate surface area is 134 Å². The lowest BCUT2D eigenvalue weighted by atomic mass is 10.3. The van der Waals surface area contributed by atoms with E-state index in [1.165, 1.54) is 12.1 Å². The van der Waals surface area contributed by atoms with Crippen molar-refractivity contribution < 1.29 is 8.60 Å². The molecule has 4 nitrogen and oxygen atoms in total. The molecule has 0 aliphatic carbocycles. The molecule has 0 aliphatic rings. The Kier molecular flexibility index (Phi) is 5.16. The standard InChI is InChI=1S/C14H17BrFN3OS/c1-3-12-14(15)13(19(4-2)18-12)8-21(20)11-6-9(16)5-10(17)7-11/h5-7H,3-4,8,17H2,1-2H3. The van der Waals surface area contributed by atoms with E-state index in [9.17, 15) is 8.60 Å². The summed E-state index contributed by atoms with van der Waals surface area (Å²) in [5.41, 5.74) is 7.66. The van der Waals surface area contributed by atoms with E-state index in [2.05, 4.69) is 21.0 Å². The van der Waals surface area contributed by atoms with Gasteiger partial charge in [-0.3, -0.25) is 8.89 Å². The maximum absolute atomic E-state index is 13.4. The Balaban J connectivity index is 2.33. The summed E-state index contributed by atoms with van der Waals surface area (Å²) in [5.74, 6) is -0.208. The number of halogens is 2. The molecule has 2 rings (SSSR count). The Hall–Kier alpha value is -1.21. The van der Waals surface area contributed by atoms with Gasteiger partial charge >= 0.3 is 0 Å². The second-order valence-corrected chi connectivity index (χ2v) is 6.83. The molecule has 1 heterocycles. The second kappa shape index (κ2) is 6.70. The molecular formula is C14H17BrFN3OS. The van der Waals surface area contributed by atoms with Gasteiger partial charge in [-0.25, -0.2) is 4.39 Å². The third-order valence-corrected chi connectivity index (χ3v) is 5.33. The van der Waals surface area contributed by atoms with Crippen molar-refractivity contribution in [1.29, 1.82) is 0 Å². The SMILES string of the molecule is CCc1nn(CC)c(CS(=O)c2cc(N)cc(F)c2)c1Br. The number of hydrogen-bond acceptors (Lipinski definition) is 3. The van der Waals surface area contributed by atoms with Gasteiger partial charge in [-0.2, -0.15) is 5.10 Å². The van der Waals surface area contributed by atoms with Crippen molar-refractivity contribution in [2.75, 3.05) is 5.73 Å². The summed E-state index contributed by atoms with van der Waals surface area (Å²) in [4.78, 5) is 0.390. The highest BCUT2D eigenvalue weighted by atomic mass is 79.9. The second-order valence-electron chi connectivity index (χ2n) is 4.59. The van der Waals surface area contributed by atoms with E-state index in [1.54, 1.807) is 6.07 Å². The van der Waals surface area contributed by atoms with E-state index in [1.807, 2.05) is 18.5 Å². The molecule has 1 atom stereocenters. The fraction of sp³-hybridized carbons (Fsp3) is 0.357. The molecule has 2 aromatic rings. The summed E-state index contributed by atoms with van der Waals surface area (Å²) in [6.07, 6.45) is 0.792. The summed E-state index contributed by atoms with van der Waals surface area (Å²) in [6, 6.07) is 4.01. The van der Waals surface area contributed by atoms with Gasteiger partial charge < -0.3 is 5.73 Å². The number of benzene rings is 1. The van der Waals surface area contributed by atoms with Crippen LogP contribution in [0.2, 0.25) is 0 Å². The quantitative estimate of drug-likeness (QED) is 0.818. The summed E-state index contributed by atoms with van der Waals surface area (Å²) in [7, 11) is -1.38. The third kappa shape index (κ3) is 3.52. The predicted octanol–water partition coefficient (Wildman–Crippen LogP) is 3.26. The first-order chi connectivity index (χ1) is 9.96. The van der Waals surface area contributed by atoms with Gasteiger partial charge in [0.2, 0.25) is 0 Å². The van der Waals surface area contributed by atoms with Crippen molar-refractivity contribution >= 4 is 32.4 Å². The minimum atomic E-state index is -1.38. The Bertz CT molecular complexity index is 667. The predicted molar refractivity (Wildman–Crippen MR) is 85.9 cm³/mol. The van der Waals surface area contributed by atoms with E-state index < -0.39 is 16.6 Å². The van der Waals surface area contributed by atoms with Crippen LogP contribution in [0.25, 0.3) is 0 Å². The monoisotopic (exact) mass is 373 g/mol. The number of anilines is 1. The summed E-state index contributed by atoms with van der Waals surface area (Å²) >= 11 is 3.52. The van der Waals surface area contributed by atoms with E-state index in [4.69, 9.17) is 5.73 Å². The Morgan fingerprint density at radius 1 is 1.38 bits per heavy atom. The van der Waals surface area contributed by atoms with Crippen LogP contribution in [0.1, 0.15) is 25.2 Å². The minimum Gasteiger partial charge on any atom is -0.399 e. The molecule has 7 heteroatoms. The fourth-order valence-corrected chi connectivity index (χ4v) is 4.19. The van der Waals surface area contributed by atoms with Crippen LogP contribution in [0.3, 0.4) is 0 Å². The maximum Gasteiger partial charge on any atom is 0.126 e. The van der Waals surface area contributed by atoms with Crippen LogP contribution >= 0.6 is 15.9 Å². The zero-order valence-corrected chi connectivity index (χ0v) is 14.3. The van der Waals surface area contributed by atoms with Crippen LogP contribution < -0.4 is 5.73 Å². The largest absolute Gasteiger partial charge is 0.399 e. The fourth-order valence-electron chi connectivity index (χ4n) is 2.08. The summed E-state index contributed by atoms with van der Waals surface area (Å²) in [6.45, 7) is 4.68. The molecule has 0 fully saturated rings. The lowest BCUT2D eigenvalue weighted by Crippen LogP contribution is -2.07. The zero-order chi connectivity index (χ0) is 15.6. The lowest BCUT2D eigenvalue weighted by Gasteiger charge is -2.07. The molecule has 21 heavy (non-hydrogen) atoms. The van der Waals surface area contributed by atoms with Gasteiger partial charge in [0.15, 0.2) is 0 Å². The average molecular weight is 374 g/mol. The van der Waals surface area contributed by atoms with Gasteiger partial charge in [0.1, 0.15) is 5.82 Å². The molecule has 0 bridgehead atoms. The van der Waals surface area contributed by atoms with Gasteiger partial charge in [-0.05, 0) is 47.5 Å². The average Bonchev–Trinajstić information content (AvgIpc) is 2.74. The van der Waals surface area contributed by atoms with Gasteiger partial charge in [0, 0.05) is 17.1 Å². The zero-order valence-electron chi connectivity index (χ0n) is 11.9. The van der Waals surface area contributed by atoms with Crippen molar-refractivity contribution in [3.63, 3.8) is 0 Å². The number of aromatic nitrogens is 2. The molecule has 1 unspecified atom stereocenters. The molecule has 0 saturated carbocycles. The van der Waals surface area contributed by atoms with Crippen LogP contribution in [-0.4, -0.2) is 14.0 Å². The molecule has 0 spiro atoms. The molecule has 1 aromatic heterocycles. The van der Waals surface area contributed by atoms with Crippen LogP contribution in [0.15, 0.2) is 27.6 Å². The number of nitrogen functional groups attached to an aromatic ring is 1.